The highest BCUT2D eigenvalue weighted by atomic mass is 79.9. The van der Waals surface area contributed by atoms with E-state index >= 15 is 0 Å². The Morgan fingerprint density at radius 2 is 1.89 bits per heavy atom. The van der Waals surface area contributed by atoms with E-state index in [1.807, 2.05) is 0 Å². The summed E-state index contributed by atoms with van der Waals surface area (Å²) < 4.78 is 6.54. The molecule has 1 aromatic heterocycles. The Morgan fingerprint density at radius 3 is 2.39 bits per heavy atom. The molecule has 0 amide bonds. The van der Waals surface area contributed by atoms with Crippen LogP contribution in [0.2, 0.25) is 0 Å². The molecule has 0 atom stereocenters. The van der Waals surface area contributed by atoms with Crippen molar-refractivity contribution in [1.82, 2.24) is 9.88 Å². The van der Waals surface area contributed by atoms with E-state index in [2.05, 4.69) is 53.5 Å². The number of nitrogens with two attached hydrogens (primary N) is 1. The number of aromatic nitrogens is 1. The van der Waals surface area contributed by atoms with Gasteiger partial charge in [0.05, 0.1) is 16.4 Å². The number of nitrogen functional groups attached to an aromatic ring is 1. The molecule has 0 unspecified atom stereocenters. The third kappa shape index (κ3) is 4.14. The van der Waals surface area contributed by atoms with Crippen LogP contribution in [0.3, 0.4) is 0 Å². The van der Waals surface area contributed by atoms with E-state index in [4.69, 9.17) is 10.5 Å². The molecule has 4 nitrogen and oxygen atoms in total. The summed E-state index contributed by atoms with van der Waals surface area (Å²) in [5.74, 6) is 0.678. The van der Waals surface area contributed by atoms with E-state index < -0.39 is 0 Å². The van der Waals surface area contributed by atoms with E-state index in [9.17, 15) is 0 Å². The van der Waals surface area contributed by atoms with Crippen LogP contribution in [-0.2, 0) is 0 Å². The van der Waals surface area contributed by atoms with E-state index in [-0.39, 0.29) is 0 Å². The van der Waals surface area contributed by atoms with Crippen LogP contribution in [0.15, 0.2) is 16.9 Å². The molecule has 1 rings (SSSR count). The molecule has 102 valence electrons. The molecular weight excluding hydrogens is 294 g/mol. The van der Waals surface area contributed by atoms with Gasteiger partial charge in [-0.25, -0.2) is 0 Å². The molecule has 0 aromatic carbocycles. The molecule has 1 heterocycles. The molecule has 2 N–H and O–H groups in total. The van der Waals surface area contributed by atoms with Crippen LogP contribution in [0.25, 0.3) is 0 Å². The van der Waals surface area contributed by atoms with Crippen molar-refractivity contribution < 1.29 is 4.74 Å². The summed E-state index contributed by atoms with van der Waals surface area (Å²) in [7, 11) is 0. The first-order valence-electron chi connectivity index (χ1n) is 6.21. The van der Waals surface area contributed by atoms with Crippen molar-refractivity contribution in [2.45, 2.75) is 39.8 Å². The van der Waals surface area contributed by atoms with Crippen LogP contribution in [0.1, 0.15) is 27.7 Å². The average Bonchev–Trinajstić information content (AvgIpc) is 2.26. The van der Waals surface area contributed by atoms with Gasteiger partial charge in [-0.15, -0.1) is 0 Å². The Morgan fingerprint density at radius 1 is 1.28 bits per heavy atom. The average molecular weight is 316 g/mol. The maximum absolute atomic E-state index is 5.83. The number of hydrogen-bond donors (Lipinski definition) is 1. The van der Waals surface area contributed by atoms with Gasteiger partial charge in [0.1, 0.15) is 6.61 Å². The summed E-state index contributed by atoms with van der Waals surface area (Å²) in [6.07, 6.45) is 3.29. The van der Waals surface area contributed by atoms with Gasteiger partial charge in [-0.3, -0.25) is 9.88 Å². The maximum atomic E-state index is 5.83. The molecule has 5 heteroatoms. The smallest absolute Gasteiger partial charge is 0.159 e. The number of pyridine rings is 1. The van der Waals surface area contributed by atoms with Gasteiger partial charge in [0.25, 0.3) is 0 Å². The minimum absolute atomic E-state index is 0.506. The summed E-state index contributed by atoms with van der Waals surface area (Å²) in [6.45, 7) is 10.3. The molecule has 0 aliphatic carbocycles. The second-order valence-electron chi connectivity index (χ2n) is 4.81. The number of ether oxygens (including phenoxy) is 1. The zero-order valence-corrected chi connectivity index (χ0v) is 13.1. The molecule has 0 saturated carbocycles. The summed E-state index contributed by atoms with van der Waals surface area (Å²) in [4.78, 5) is 6.36. The van der Waals surface area contributed by atoms with Crippen LogP contribution in [0.5, 0.6) is 5.75 Å². The van der Waals surface area contributed by atoms with Gasteiger partial charge in [-0.05, 0) is 43.6 Å². The Hall–Kier alpha value is -0.810. The molecule has 0 aliphatic heterocycles. The van der Waals surface area contributed by atoms with Gasteiger partial charge in [-0.2, -0.15) is 0 Å². The fourth-order valence-electron chi connectivity index (χ4n) is 1.96. The second-order valence-corrected chi connectivity index (χ2v) is 5.67. The summed E-state index contributed by atoms with van der Waals surface area (Å²) in [5.41, 5.74) is 6.39. The molecule has 18 heavy (non-hydrogen) atoms. The molecule has 0 fully saturated rings. The molecule has 0 saturated heterocycles. The number of halogens is 1. The van der Waals surface area contributed by atoms with Crippen molar-refractivity contribution in [1.29, 1.82) is 0 Å². The molecule has 0 aliphatic rings. The maximum Gasteiger partial charge on any atom is 0.159 e. The first-order chi connectivity index (χ1) is 8.43. The van der Waals surface area contributed by atoms with Gasteiger partial charge in [0, 0.05) is 24.8 Å². The fraction of sp³-hybridized carbons (Fsp3) is 0.615. The molecular formula is C13H22BrN3O. The normalized spacial score (nSPS) is 11.6. The third-order valence-corrected chi connectivity index (χ3v) is 3.37. The van der Waals surface area contributed by atoms with Gasteiger partial charge < -0.3 is 10.5 Å². The molecule has 0 spiro atoms. The van der Waals surface area contributed by atoms with Crippen LogP contribution in [0, 0.1) is 0 Å². The highest BCUT2D eigenvalue weighted by Crippen LogP contribution is 2.29. The highest BCUT2D eigenvalue weighted by molar-refractivity contribution is 9.10. The number of anilines is 1. The number of rotatable bonds is 6. The Kier molecular flexibility index (Phi) is 5.88. The summed E-state index contributed by atoms with van der Waals surface area (Å²) in [5, 5.41) is 0. The topological polar surface area (TPSA) is 51.4 Å². The summed E-state index contributed by atoms with van der Waals surface area (Å²) >= 11 is 3.39. The standard InChI is InChI=1S/C13H22BrN3O/c1-9(2)17(10(3)4)5-6-18-13-11(14)7-16-8-12(13)15/h7-10H,5-6,15H2,1-4H3. The van der Waals surface area contributed by atoms with E-state index in [1.165, 1.54) is 0 Å². The number of hydrogen-bond acceptors (Lipinski definition) is 4. The predicted octanol–water partition coefficient (Wildman–Crippen LogP) is 2.92. The van der Waals surface area contributed by atoms with Gasteiger partial charge in [-0.1, -0.05) is 0 Å². The van der Waals surface area contributed by atoms with Crippen molar-refractivity contribution in [2.75, 3.05) is 18.9 Å². The van der Waals surface area contributed by atoms with Gasteiger partial charge >= 0.3 is 0 Å². The van der Waals surface area contributed by atoms with E-state index in [1.54, 1.807) is 12.4 Å². The van der Waals surface area contributed by atoms with Gasteiger partial charge in [0.15, 0.2) is 5.75 Å². The second kappa shape index (κ2) is 6.95. The Balaban J connectivity index is 2.55. The van der Waals surface area contributed by atoms with Crippen LogP contribution >= 0.6 is 15.9 Å². The largest absolute Gasteiger partial charge is 0.489 e. The minimum atomic E-state index is 0.506. The van der Waals surface area contributed by atoms with Gasteiger partial charge in [0.2, 0.25) is 0 Å². The zero-order valence-electron chi connectivity index (χ0n) is 11.5. The first-order valence-corrected chi connectivity index (χ1v) is 7.00. The molecule has 0 radical (unpaired) electrons. The van der Waals surface area contributed by atoms with Crippen molar-refractivity contribution in [3.05, 3.63) is 16.9 Å². The lowest BCUT2D eigenvalue weighted by Gasteiger charge is -2.30. The first kappa shape index (κ1) is 15.2. The highest BCUT2D eigenvalue weighted by Gasteiger charge is 2.13. The van der Waals surface area contributed by atoms with E-state index in [0.717, 1.165) is 11.0 Å². The molecule has 1 aromatic rings. The predicted molar refractivity (Wildman–Crippen MR) is 78.8 cm³/mol. The SMILES string of the molecule is CC(C)N(CCOc1c(N)cncc1Br)C(C)C. The van der Waals surface area contributed by atoms with Crippen molar-refractivity contribution in [3.63, 3.8) is 0 Å². The third-order valence-electron chi connectivity index (χ3n) is 2.80. The van der Waals surface area contributed by atoms with Crippen molar-refractivity contribution >= 4 is 21.6 Å². The number of nitrogens with zero attached hydrogens (tertiary/aromatic N) is 2. The van der Waals surface area contributed by atoms with Crippen molar-refractivity contribution in [2.24, 2.45) is 0 Å². The Bertz CT molecular complexity index is 354. The van der Waals surface area contributed by atoms with Crippen LogP contribution < -0.4 is 10.5 Å². The monoisotopic (exact) mass is 315 g/mol. The van der Waals surface area contributed by atoms with Crippen molar-refractivity contribution in [3.8, 4) is 5.75 Å². The lowest BCUT2D eigenvalue weighted by atomic mass is 10.2. The lowest BCUT2D eigenvalue weighted by Crippen LogP contribution is -2.39. The Labute approximate surface area is 118 Å². The van der Waals surface area contributed by atoms with Crippen LogP contribution in [-0.4, -0.2) is 35.1 Å². The lowest BCUT2D eigenvalue weighted by molar-refractivity contribution is 0.142. The van der Waals surface area contributed by atoms with Crippen LogP contribution in [0.4, 0.5) is 5.69 Å². The van der Waals surface area contributed by atoms with E-state index in [0.29, 0.717) is 30.1 Å². The zero-order chi connectivity index (χ0) is 13.7. The quantitative estimate of drug-likeness (QED) is 0.877. The fourth-order valence-corrected chi connectivity index (χ4v) is 2.42. The molecule has 0 bridgehead atoms. The summed E-state index contributed by atoms with van der Waals surface area (Å²) in [6, 6.07) is 1.01. The minimum Gasteiger partial charge on any atom is -0.489 e.